The molecule has 1 aromatic rings. The highest BCUT2D eigenvalue weighted by atomic mass is 16.2. The van der Waals surface area contributed by atoms with Crippen LogP contribution in [0, 0.1) is 0 Å². The highest BCUT2D eigenvalue weighted by Gasteiger charge is 2.20. The molecule has 0 atom stereocenters. The smallest absolute Gasteiger partial charge is 0.233 e. The predicted octanol–water partition coefficient (Wildman–Crippen LogP) is 0.213. The Labute approximate surface area is 112 Å². The van der Waals surface area contributed by atoms with Crippen molar-refractivity contribution < 1.29 is 9.59 Å². The lowest BCUT2D eigenvalue weighted by atomic mass is 9.98. The third-order valence-corrected chi connectivity index (χ3v) is 3.41. The first kappa shape index (κ1) is 13.5. The molecular weight excluding hydrogens is 242 g/mol. The zero-order valence-corrected chi connectivity index (χ0v) is 11.1. The highest BCUT2D eigenvalue weighted by molar-refractivity contribution is 5.95. The second kappa shape index (κ2) is 5.84. The molecule has 0 radical (unpaired) electrons. The predicted molar refractivity (Wildman–Crippen MR) is 73.9 cm³/mol. The van der Waals surface area contributed by atoms with Crippen molar-refractivity contribution in [3.8, 4) is 0 Å². The number of nitrogens with zero attached hydrogens (tertiary/aromatic N) is 1. The number of benzene rings is 1. The molecule has 0 fully saturated rings. The Balaban J connectivity index is 2.01. The number of anilines is 1. The van der Waals surface area contributed by atoms with Gasteiger partial charge in [0.05, 0.1) is 6.54 Å². The largest absolute Gasteiger partial charge is 0.355 e. The molecule has 5 nitrogen and oxygen atoms in total. The summed E-state index contributed by atoms with van der Waals surface area (Å²) in [7, 11) is 1.81. The van der Waals surface area contributed by atoms with E-state index in [2.05, 4.69) is 11.4 Å². The lowest BCUT2D eigenvalue weighted by Gasteiger charge is -2.26. The molecule has 0 aliphatic carbocycles. The average molecular weight is 261 g/mol. The molecule has 1 aliphatic rings. The van der Waals surface area contributed by atoms with E-state index in [0.717, 1.165) is 18.5 Å². The first-order valence-electron chi connectivity index (χ1n) is 6.47. The van der Waals surface area contributed by atoms with Crippen LogP contribution in [-0.4, -0.2) is 32.0 Å². The van der Waals surface area contributed by atoms with E-state index >= 15 is 0 Å². The van der Waals surface area contributed by atoms with E-state index in [4.69, 9.17) is 5.73 Å². The lowest BCUT2D eigenvalue weighted by Crippen LogP contribution is -2.32. The zero-order valence-electron chi connectivity index (χ0n) is 11.1. The normalized spacial score (nSPS) is 14.2. The molecule has 0 spiro atoms. The van der Waals surface area contributed by atoms with Gasteiger partial charge < -0.3 is 16.0 Å². The first-order valence-corrected chi connectivity index (χ1v) is 6.47. The molecule has 3 N–H and O–H groups in total. The van der Waals surface area contributed by atoms with E-state index in [-0.39, 0.29) is 18.4 Å². The molecule has 2 amide bonds. The summed E-state index contributed by atoms with van der Waals surface area (Å²) in [6.07, 6.45) is 2.13. The quantitative estimate of drug-likeness (QED) is 0.813. The third-order valence-electron chi connectivity index (χ3n) is 3.41. The van der Waals surface area contributed by atoms with Crippen LogP contribution in [0.25, 0.3) is 0 Å². The number of hydrogen-bond acceptors (Lipinski definition) is 3. The van der Waals surface area contributed by atoms with Gasteiger partial charge in [0.1, 0.15) is 0 Å². The Morgan fingerprint density at radius 2 is 2.21 bits per heavy atom. The summed E-state index contributed by atoms with van der Waals surface area (Å²) in [5.74, 6) is 0.0266. The van der Waals surface area contributed by atoms with Crippen LogP contribution in [0.2, 0.25) is 0 Å². The van der Waals surface area contributed by atoms with Crippen LogP contribution in [0.15, 0.2) is 18.2 Å². The highest BCUT2D eigenvalue weighted by Crippen LogP contribution is 2.27. The second-order valence-electron chi connectivity index (χ2n) is 4.72. The van der Waals surface area contributed by atoms with Gasteiger partial charge in [0.25, 0.3) is 0 Å². The van der Waals surface area contributed by atoms with Crippen LogP contribution >= 0.6 is 0 Å². The summed E-state index contributed by atoms with van der Waals surface area (Å²) in [4.78, 5) is 24.3. The molecule has 1 aromatic carbocycles. The molecular formula is C14H19N3O2. The second-order valence-corrected chi connectivity index (χ2v) is 4.72. The SMILES string of the molecule is CN1C(=O)CCc2cc(CCNC(=O)CN)ccc21. The molecule has 1 heterocycles. The van der Waals surface area contributed by atoms with Crippen molar-refractivity contribution in [2.45, 2.75) is 19.3 Å². The van der Waals surface area contributed by atoms with E-state index in [1.54, 1.807) is 4.90 Å². The van der Waals surface area contributed by atoms with Gasteiger partial charge in [0.2, 0.25) is 11.8 Å². The van der Waals surface area contributed by atoms with Gasteiger partial charge in [-0.05, 0) is 30.0 Å². The number of rotatable bonds is 4. The number of fused-ring (bicyclic) bond motifs is 1. The van der Waals surface area contributed by atoms with Crippen molar-refractivity contribution in [3.63, 3.8) is 0 Å². The van der Waals surface area contributed by atoms with Crippen LogP contribution in [0.5, 0.6) is 0 Å². The summed E-state index contributed by atoms with van der Waals surface area (Å²) in [5, 5.41) is 2.75. The van der Waals surface area contributed by atoms with Crippen LogP contribution in [-0.2, 0) is 22.4 Å². The fraction of sp³-hybridized carbons (Fsp3) is 0.429. The minimum Gasteiger partial charge on any atom is -0.355 e. The molecule has 1 aliphatic heterocycles. The van der Waals surface area contributed by atoms with Crippen LogP contribution < -0.4 is 16.0 Å². The van der Waals surface area contributed by atoms with Crippen molar-refractivity contribution in [3.05, 3.63) is 29.3 Å². The molecule has 0 saturated heterocycles. The van der Waals surface area contributed by atoms with E-state index in [1.807, 2.05) is 19.2 Å². The molecule has 0 aromatic heterocycles. The zero-order chi connectivity index (χ0) is 13.8. The fourth-order valence-corrected chi connectivity index (χ4v) is 2.28. The summed E-state index contributed by atoms with van der Waals surface area (Å²) >= 11 is 0. The molecule has 102 valence electrons. The summed E-state index contributed by atoms with van der Waals surface area (Å²) in [6.45, 7) is 0.612. The molecule has 0 unspecified atom stereocenters. The van der Waals surface area contributed by atoms with E-state index in [1.165, 1.54) is 11.1 Å². The van der Waals surface area contributed by atoms with Crippen molar-refractivity contribution in [2.24, 2.45) is 5.73 Å². The number of nitrogens with one attached hydrogen (secondary N) is 1. The maximum Gasteiger partial charge on any atom is 0.233 e. The molecule has 0 bridgehead atoms. The van der Waals surface area contributed by atoms with Crippen molar-refractivity contribution in [1.29, 1.82) is 0 Å². The minimum atomic E-state index is -0.136. The van der Waals surface area contributed by atoms with Crippen LogP contribution in [0.1, 0.15) is 17.5 Å². The molecule has 19 heavy (non-hydrogen) atoms. The Bertz CT molecular complexity index is 499. The van der Waals surface area contributed by atoms with Gasteiger partial charge >= 0.3 is 0 Å². The Hall–Kier alpha value is -1.88. The van der Waals surface area contributed by atoms with Gasteiger partial charge in [-0.1, -0.05) is 12.1 Å². The number of carbonyl (C=O) groups is 2. The van der Waals surface area contributed by atoms with Gasteiger partial charge in [-0.2, -0.15) is 0 Å². The maximum absolute atomic E-state index is 11.6. The Morgan fingerprint density at radius 3 is 2.95 bits per heavy atom. The molecule has 2 rings (SSSR count). The standard InChI is InChI=1S/C14H19N3O2/c1-17-12-4-2-10(6-7-16-13(18)9-15)8-11(12)3-5-14(17)19/h2,4,8H,3,5-7,9,15H2,1H3,(H,16,18). The number of carbonyl (C=O) groups excluding carboxylic acids is 2. The van der Waals surface area contributed by atoms with Crippen LogP contribution in [0.4, 0.5) is 5.69 Å². The first-order chi connectivity index (χ1) is 9.11. The van der Waals surface area contributed by atoms with Gasteiger partial charge in [-0.15, -0.1) is 0 Å². The van der Waals surface area contributed by atoms with Gasteiger partial charge in [0.15, 0.2) is 0 Å². The Morgan fingerprint density at radius 1 is 1.42 bits per heavy atom. The van der Waals surface area contributed by atoms with Gasteiger partial charge in [-0.3, -0.25) is 9.59 Å². The van der Waals surface area contributed by atoms with Crippen molar-refractivity contribution in [1.82, 2.24) is 5.32 Å². The number of hydrogen-bond donors (Lipinski definition) is 2. The third kappa shape index (κ3) is 3.12. The lowest BCUT2D eigenvalue weighted by molar-refractivity contribution is -0.120. The molecule has 5 heteroatoms. The maximum atomic E-state index is 11.6. The van der Waals surface area contributed by atoms with E-state index in [9.17, 15) is 9.59 Å². The number of amides is 2. The molecule has 0 saturated carbocycles. The minimum absolute atomic E-state index is 0.0249. The topological polar surface area (TPSA) is 75.4 Å². The van der Waals surface area contributed by atoms with Crippen molar-refractivity contribution in [2.75, 3.05) is 25.0 Å². The van der Waals surface area contributed by atoms with Crippen LogP contribution in [0.3, 0.4) is 0 Å². The van der Waals surface area contributed by atoms with E-state index < -0.39 is 0 Å². The Kier molecular flexibility index (Phi) is 4.16. The summed E-state index contributed by atoms with van der Waals surface area (Å²) in [5.41, 5.74) is 8.58. The van der Waals surface area contributed by atoms with E-state index in [0.29, 0.717) is 13.0 Å². The summed E-state index contributed by atoms with van der Waals surface area (Å²) in [6, 6.07) is 6.10. The fourth-order valence-electron chi connectivity index (χ4n) is 2.28. The monoisotopic (exact) mass is 261 g/mol. The van der Waals surface area contributed by atoms with Crippen molar-refractivity contribution >= 4 is 17.5 Å². The van der Waals surface area contributed by atoms with Gasteiger partial charge in [0, 0.05) is 25.7 Å². The average Bonchev–Trinajstić information content (AvgIpc) is 2.43. The summed E-state index contributed by atoms with van der Waals surface area (Å²) < 4.78 is 0. The van der Waals surface area contributed by atoms with Gasteiger partial charge in [-0.25, -0.2) is 0 Å². The number of nitrogens with two attached hydrogens (primary N) is 1. The number of aryl methyl sites for hydroxylation is 1.